The van der Waals surface area contributed by atoms with Crippen LogP contribution in [0.15, 0.2) is 102 Å². The maximum atomic E-state index is 14.1. The van der Waals surface area contributed by atoms with Gasteiger partial charge < -0.3 is 34.6 Å². The summed E-state index contributed by atoms with van der Waals surface area (Å²) in [4.78, 5) is 21.6. The molecule has 37 heteroatoms. The van der Waals surface area contributed by atoms with Gasteiger partial charge in [-0.15, -0.1) is 10.2 Å². The molecular weight excluding hydrogens is 1130 g/mol. The molecule has 354 valence electrons. The van der Waals surface area contributed by atoms with E-state index in [9.17, 15) is 65.1 Å². The van der Waals surface area contributed by atoms with Gasteiger partial charge in [0, 0.05) is 16.4 Å². The fourth-order valence-electron chi connectivity index (χ4n) is 5.77. The Labute approximate surface area is 502 Å². The Hall–Kier alpha value is -2.10. The third-order valence-electron chi connectivity index (χ3n) is 8.70. The third kappa shape index (κ3) is 16.7. The standard InChI is InChI=1S/C34H28Cl2N10O16S5.4Na/c1-16-6-7-18(14-20(16)35)38-33-40-32(36)41-34(42-33)39-19-8-9-24(64(50,51)52)22(15-19)44-46-30-26(66(56,57)58)13-17-12-25(65(53,54)55)29(28(37)27(17)31(30)47)45-43-21-4-2-3-5-23(21)63(48,49)11-10-62-67(59,60)61;;;;/h2-9,12-15,44H,10-11,37H2,1H3,(H,50,51,52)(H,53,54,55)(H,56,57,58)(H,59,60,61)(H2,38,39,40,41,42);;;;/q;4*+1/p-4/b45-43?,46-30+;;;;. The van der Waals surface area contributed by atoms with E-state index in [0.29, 0.717) is 22.9 Å². The van der Waals surface area contributed by atoms with Crippen molar-refractivity contribution in [3.05, 3.63) is 98.6 Å². The predicted molar refractivity (Wildman–Crippen MR) is 232 cm³/mol. The molecule has 26 nitrogen and oxygen atoms in total. The van der Waals surface area contributed by atoms with Crippen LogP contribution in [-0.2, 0) is 54.8 Å². The zero-order valence-corrected chi connectivity index (χ0v) is 50.5. The number of rotatable bonds is 16. The largest absolute Gasteiger partial charge is 1.00 e. The quantitative estimate of drug-likeness (QED) is 0.0178. The van der Waals surface area contributed by atoms with E-state index < -0.39 is 128 Å². The number of hydrogen-bond donors (Lipinski definition) is 4. The molecule has 5 N–H and O–H groups in total. The van der Waals surface area contributed by atoms with Crippen molar-refractivity contribution in [3.63, 3.8) is 0 Å². The number of anilines is 6. The van der Waals surface area contributed by atoms with Crippen LogP contribution in [0.2, 0.25) is 10.3 Å². The number of allylic oxidation sites excluding steroid dienone is 1. The Kier molecular flexibility index (Phi) is 23.5. The molecule has 71 heavy (non-hydrogen) atoms. The monoisotopic (exact) mass is 1150 g/mol. The normalized spacial score (nSPS) is 13.4. The first-order valence-corrected chi connectivity index (χ1v) is 25.6. The summed E-state index contributed by atoms with van der Waals surface area (Å²) >= 11 is 12.3. The number of Topliss-reactive ketones (excluding diaryl/α,β-unsaturated/α-hetero) is 1. The molecular formula is C34H24Cl2N10Na4O16S5. The van der Waals surface area contributed by atoms with E-state index in [1.807, 2.05) is 0 Å². The average Bonchev–Trinajstić information content (AvgIpc) is 3.19. The maximum Gasteiger partial charge on any atom is 1.00 e. The van der Waals surface area contributed by atoms with Crippen LogP contribution in [0.5, 0.6) is 0 Å². The topological polar surface area (TPSA) is 427 Å². The van der Waals surface area contributed by atoms with E-state index in [1.54, 1.807) is 25.1 Å². The summed E-state index contributed by atoms with van der Waals surface area (Å²) in [6.07, 6.45) is 0.404. The van der Waals surface area contributed by atoms with Gasteiger partial charge in [-0.2, -0.15) is 20.1 Å². The minimum atomic E-state index is -5.78. The molecule has 0 spiro atoms. The fourth-order valence-corrected chi connectivity index (χ4v) is 9.65. The van der Waals surface area contributed by atoms with Crippen molar-refractivity contribution in [2.24, 2.45) is 15.3 Å². The zero-order chi connectivity index (χ0) is 49.4. The first-order valence-electron chi connectivity index (χ1n) is 17.7. The molecule has 0 saturated heterocycles. The van der Waals surface area contributed by atoms with Gasteiger partial charge in [0.1, 0.15) is 47.4 Å². The molecule has 0 atom stereocenters. The SMILES string of the molecule is Cc1ccc(Nc2nc(Cl)nc(Nc3ccc(S(=O)(=O)[O-])c(N/N=C4/C(=O)c5c(cc(S(=O)(=O)[O-])c(N=Nc6ccccc6S(=O)(=O)CCOS(=O)(=O)[O-])c5N)C=C4S(=O)(=O)[O-])c3)n2)cc1Cl.[Na+].[Na+].[Na+].[Na+]. The van der Waals surface area contributed by atoms with E-state index in [4.69, 9.17) is 28.9 Å². The van der Waals surface area contributed by atoms with Gasteiger partial charge in [-0.3, -0.25) is 14.4 Å². The molecule has 6 rings (SSSR count). The molecule has 1 aliphatic rings. The molecule has 0 saturated carbocycles. The molecule has 4 aromatic carbocycles. The van der Waals surface area contributed by atoms with Crippen molar-refractivity contribution in [1.29, 1.82) is 0 Å². The van der Waals surface area contributed by atoms with Crippen LogP contribution in [0.1, 0.15) is 21.5 Å². The Morgan fingerprint density at radius 2 is 1.28 bits per heavy atom. The molecule has 0 fully saturated rings. The summed E-state index contributed by atoms with van der Waals surface area (Å²) in [6.45, 7) is 0.650. The number of hydrazone groups is 1. The maximum absolute atomic E-state index is 14.1. The Morgan fingerprint density at radius 1 is 0.704 bits per heavy atom. The summed E-state index contributed by atoms with van der Waals surface area (Å²) < 4.78 is 174. The number of ketones is 1. The second kappa shape index (κ2) is 25.6. The number of aromatic nitrogens is 3. The van der Waals surface area contributed by atoms with E-state index in [2.05, 4.69) is 50.5 Å². The summed E-state index contributed by atoms with van der Waals surface area (Å²) in [5.41, 5.74) is 2.95. The number of halogens is 2. The van der Waals surface area contributed by atoms with Gasteiger partial charge in [0.05, 0.1) is 48.9 Å². The van der Waals surface area contributed by atoms with Crippen molar-refractivity contribution in [1.82, 2.24) is 15.0 Å². The second-order valence-electron chi connectivity index (χ2n) is 13.3. The van der Waals surface area contributed by atoms with Crippen LogP contribution in [0, 0.1) is 6.92 Å². The molecule has 1 aliphatic carbocycles. The number of sulfone groups is 1. The van der Waals surface area contributed by atoms with Crippen molar-refractivity contribution in [2.45, 2.75) is 21.6 Å². The Balaban J connectivity index is 0.00000432. The molecule has 0 aliphatic heterocycles. The van der Waals surface area contributed by atoms with Crippen LogP contribution >= 0.6 is 23.2 Å². The molecule has 0 unspecified atom stereocenters. The van der Waals surface area contributed by atoms with Crippen molar-refractivity contribution in [2.75, 3.05) is 34.2 Å². The third-order valence-corrected chi connectivity index (χ3v) is 14.0. The summed E-state index contributed by atoms with van der Waals surface area (Å²) in [5, 5.41) is 16.5. The summed E-state index contributed by atoms with van der Waals surface area (Å²) in [5.74, 6) is -3.03. The van der Waals surface area contributed by atoms with Gasteiger partial charge in [0.15, 0.2) is 9.84 Å². The van der Waals surface area contributed by atoms with Gasteiger partial charge in [0.2, 0.25) is 33.4 Å². The molecule has 1 heterocycles. The number of nitrogens with one attached hydrogen (secondary N) is 3. The minimum absolute atomic E-state index is 0. The predicted octanol–water partition coefficient (Wildman–Crippen LogP) is -8.40. The number of nitrogen functional groups attached to an aromatic ring is 1. The fraction of sp³-hybridized carbons (Fsp3) is 0.0882. The number of nitrogens with zero attached hydrogens (tertiary/aromatic N) is 6. The van der Waals surface area contributed by atoms with Crippen molar-refractivity contribution >= 4 is 137 Å². The van der Waals surface area contributed by atoms with Gasteiger partial charge in [-0.05, 0) is 84.3 Å². The van der Waals surface area contributed by atoms with Crippen LogP contribution in [0.4, 0.5) is 46.0 Å². The number of carbonyl (C=O) groups is 1. The second-order valence-corrected chi connectivity index (χ2v) is 21.2. The minimum Gasteiger partial charge on any atom is -0.744 e. The number of aryl methyl sites for hydroxylation is 1. The average molecular weight is 1150 g/mol. The van der Waals surface area contributed by atoms with Gasteiger partial charge in [0.25, 0.3) is 0 Å². The smallest absolute Gasteiger partial charge is 0.744 e. The van der Waals surface area contributed by atoms with E-state index in [1.165, 1.54) is 12.1 Å². The van der Waals surface area contributed by atoms with E-state index >= 15 is 0 Å². The Bertz CT molecular complexity index is 3600. The first-order chi connectivity index (χ1) is 31.0. The number of benzene rings is 4. The first kappa shape index (κ1) is 65.0. The number of hydrogen-bond acceptors (Lipinski definition) is 26. The number of nitrogens with two attached hydrogens (primary N) is 1. The van der Waals surface area contributed by atoms with Gasteiger partial charge >= 0.3 is 118 Å². The van der Waals surface area contributed by atoms with Crippen molar-refractivity contribution < 1.29 is 188 Å². The Morgan fingerprint density at radius 3 is 1.85 bits per heavy atom. The van der Waals surface area contributed by atoms with Gasteiger partial charge in [-0.25, -0.2) is 42.1 Å². The summed E-state index contributed by atoms with van der Waals surface area (Å²) in [6, 6.07) is 12.4. The number of azo groups is 1. The zero-order valence-electron chi connectivity index (χ0n) is 36.9. The molecule has 0 radical (unpaired) electrons. The van der Waals surface area contributed by atoms with Gasteiger partial charge in [-0.1, -0.05) is 29.8 Å². The van der Waals surface area contributed by atoms with Crippen molar-refractivity contribution in [3.8, 4) is 0 Å². The number of fused-ring (bicyclic) bond motifs is 1. The van der Waals surface area contributed by atoms with Crippen LogP contribution in [-0.4, -0.2) is 99.1 Å². The van der Waals surface area contributed by atoms with E-state index in [0.717, 1.165) is 35.9 Å². The summed E-state index contributed by atoms with van der Waals surface area (Å²) in [7, 11) is -26.7. The number of carbonyl (C=O) groups excluding carboxylic acids is 1. The van der Waals surface area contributed by atoms with Crippen LogP contribution in [0.25, 0.3) is 6.08 Å². The van der Waals surface area contributed by atoms with E-state index in [-0.39, 0.29) is 141 Å². The van der Waals surface area contributed by atoms with Crippen LogP contribution in [0.3, 0.4) is 0 Å². The molecule has 0 amide bonds. The molecule has 0 bridgehead atoms. The van der Waals surface area contributed by atoms with Crippen LogP contribution < -0.4 is 140 Å². The molecule has 1 aromatic heterocycles. The molecule has 5 aromatic rings.